The molecule has 1 N–H and O–H groups in total. The lowest BCUT2D eigenvalue weighted by atomic mass is 10.2. The van der Waals surface area contributed by atoms with E-state index in [-0.39, 0.29) is 6.61 Å². The van der Waals surface area contributed by atoms with Gasteiger partial charge in [0, 0.05) is 18.8 Å². The molecule has 1 aliphatic rings. The Morgan fingerprint density at radius 1 is 1.25 bits per heavy atom. The highest BCUT2D eigenvalue weighted by atomic mass is 16.3. The van der Waals surface area contributed by atoms with Gasteiger partial charge in [0.05, 0.1) is 6.61 Å². The summed E-state index contributed by atoms with van der Waals surface area (Å²) in [5.74, 6) is 0.920. The summed E-state index contributed by atoms with van der Waals surface area (Å²) >= 11 is 0. The molecule has 0 bridgehead atoms. The number of benzene rings is 1. The average Bonchev–Trinajstić information content (AvgIpc) is 3.13. The molecule has 0 aromatic heterocycles. The molecule has 88 valence electrons. The van der Waals surface area contributed by atoms with E-state index in [0.717, 1.165) is 18.0 Å². The number of aliphatic hydroxyl groups excluding tert-OH is 1. The first-order valence-corrected chi connectivity index (χ1v) is 6.28. The van der Waals surface area contributed by atoms with Gasteiger partial charge < -0.3 is 10.0 Å². The third-order valence-electron chi connectivity index (χ3n) is 3.15. The molecule has 1 aliphatic carbocycles. The first kappa shape index (κ1) is 11.5. The van der Waals surface area contributed by atoms with Crippen LogP contribution in [0, 0.1) is 5.92 Å². The van der Waals surface area contributed by atoms with Gasteiger partial charge in [0.25, 0.3) is 0 Å². The van der Waals surface area contributed by atoms with Crippen LogP contribution < -0.4 is 4.90 Å². The minimum atomic E-state index is 0.136. The summed E-state index contributed by atoms with van der Waals surface area (Å²) in [6, 6.07) is 8.29. The van der Waals surface area contributed by atoms with E-state index in [2.05, 4.69) is 24.0 Å². The molecule has 2 nitrogen and oxygen atoms in total. The lowest BCUT2D eigenvalue weighted by Crippen LogP contribution is -2.26. The largest absolute Gasteiger partial charge is 0.392 e. The molecule has 1 aromatic rings. The third kappa shape index (κ3) is 2.99. The van der Waals surface area contributed by atoms with Crippen molar-refractivity contribution in [1.29, 1.82) is 0 Å². The molecule has 2 rings (SSSR count). The molecule has 0 spiro atoms. The fraction of sp³-hybridized carbons (Fsp3) is 0.571. The number of hydrogen-bond donors (Lipinski definition) is 1. The Morgan fingerprint density at radius 3 is 2.44 bits per heavy atom. The number of aliphatic hydroxyl groups is 1. The average molecular weight is 219 g/mol. The number of anilines is 1. The SMILES string of the molecule is CCCN(CC1CC1)c1ccc(CO)cc1. The molecular weight excluding hydrogens is 198 g/mol. The van der Waals surface area contributed by atoms with Crippen LogP contribution >= 0.6 is 0 Å². The summed E-state index contributed by atoms with van der Waals surface area (Å²) in [4.78, 5) is 2.47. The molecular formula is C14H21NO. The molecule has 0 atom stereocenters. The van der Waals surface area contributed by atoms with Gasteiger partial charge >= 0.3 is 0 Å². The second kappa shape index (κ2) is 5.35. The number of hydrogen-bond acceptors (Lipinski definition) is 2. The molecule has 1 saturated carbocycles. The van der Waals surface area contributed by atoms with Gasteiger partial charge in [-0.2, -0.15) is 0 Å². The zero-order chi connectivity index (χ0) is 11.4. The van der Waals surface area contributed by atoms with Crippen molar-refractivity contribution in [3.63, 3.8) is 0 Å². The maximum atomic E-state index is 9.01. The monoisotopic (exact) mass is 219 g/mol. The zero-order valence-electron chi connectivity index (χ0n) is 10.0. The van der Waals surface area contributed by atoms with E-state index in [0.29, 0.717) is 0 Å². The Hall–Kier alpha value is -1.02. The molecule has 0 heterocycles. The molecule has 0 unspecified atom stereocenters. The lowest BCUT2D eigenvalue weighted by Gasteiger charge is -2.24. The standard InChI is InChI=1S/C14H21NO/c1-2-9-15(10-12-3-4-12)14-7-5-13(11-16)6-8-14/h5-8,12,16H,2-4,9-11H2,1H3. The van der Waals surface area contributed by atoms with E-state index >= 15 is 0 Å². The van der Waals surface area contributed by atoms with Gasteiger partial charge in [0.15, 0.2) is 0 Å². The Kier molecular flexibility index (Phi) is 3.83. The lowest BCUT2D eigenvalue weighted by molar-refractivity contribution is 0.282. The van der Waals surface area contributed by atoms with Crippen molar-refractivity contribution < 1.29 is 5.11 Å². The van der Waals surface area contributed by atoms with Crippen LogP contribution in [0.2, 0.25) is 0 Å². The van der Waals surface area contributed by atoms with Gasteiger partial charge in [0.2, 0.25) is 0 Å². The quantitative estimate of drug-likeness (QED) is 0.795. The van der Waals surface area contributed by atoms with Crippen molar-refractivity contribution >= 4 is 5.69 Å². The first-order chi connectivity index (χ1) is 7.83. The molecule has 2 heteroatoms. The second-order valence-corrected chi connectivity index (χ2v) is 4.71. The predicted octanol–water partition coefficient (Wildman–Crippen LogP) is 2.81. The fourth-order valence-corrected chi connectivity index (χ4v) is 2.02. The van der Waals surface area contributed by atoms with Crippen LogP contribution in [0.5, 0.6) is 0 Å². The van der Waals surface area contributed by atoms with Gasteiger partial charge in [-0.25, -0.2) is 0 Å². The van der Waals surface area contributed by atoms with Crippen molar-refractivity contribution in [2.75, 3.05) is 18.0 Å². The van der Waals surface area contributed by atoms with E-state index in [1.165, 1.54) is 31.5 Å². The third-order valence-corrected chi connectivity index (χ3v) is 3.15. The van der Waals surface area contributed by atoms with Crippen molar-refractivity contribution in [1.82, 2.24) is 0 Å². The summed E-state index contributed by atoms with van der Waals surface area (Å²) in [5.41, 5.74) is 2.29. The normalized spacial score (nSPS) is 15.1. The van der Waals surface area contributed by atoms with Gasteiger partial charge in [-0.1, -0.05) is 19.1 Å². The van der Waals surface area contributed by atoms with Crippen molar-refractivity contribution in [2.24, 2.45) is 5.92 Å². The fourth-order valence-electron chi connectivity index (χ4n) is 2.02. The highest BCUT2D eigenvalue weighted by Crippen LogP contribution is 2.31. The Morgan fingerprint density at radius 2 is 1.94 bits per heavy atom. The highest BCUT2D eigenvalue weighted by Gasteiger charge is 2.24. The summed E-state index contributed by atoms with van der Waals surface area (Å²) in [6.07, 6.45) is 3.98. The summed E-state index contributed by atoms with van der Waals surface area (Å²) < 4.78 is 0. The van der Waals surface area contributed by atoms with E-state index in [1.807, 2.05) is 12.1 Å². The first-order valence-electron chi connectivity index (χ1n) is 6.28. The predicted molar refractivity (Wildman–Crippen MR) is 67.6 cm³/mol. The van der Waals surface area contributed by atoms with Gasteiger partial charge in [0.1, 0.15) is 0 Å². The molecule has 0 aliphatic heterocycles. The van der Waals surface area contributed by atoms with Crippen LogP contribution in [0.25, 0.3) is 0 Å². The highest BCUT2D eigenvalue weighted by molar-refractivity contribution is 5.47. The molecule has 0 saturated heterocycles. The minimum Gasteiger partial charge on any atom is -0.392 e. The van der Waals surface area contributed by atoms with Crippen LogP contribution in [0.1, 0.15) is 31.7 Å². The van der Waals surface area contributed by atoms with Crippen LogP contribution in [0.4, 0.5) is 5.69 Å². The summed E-state index contributed by atoms with van der Waals surface area (Å²) in [7, 11) is 0. The van der Waals surface area contributed by atoms with E-state index in [4.69, 9.17) is 5.11 Å². The molecule has 0 amide bonds. The molecule has 0 radical (unpaired) electrons. The van der Waals surface area contributed by atoms with Crippen LogP contribution in [-0.2, 0) is 6.61 Å². The van der Waals surface area contributed by atoms with Gasteiger partial charge in [-0.05, 0) is 42.9 Å². The van der Waals surface area contributed by atoms with Crippen LogP contribution in [0.15, 0.2) is 24.3 Å². The second-order valence-electron chi connectivity index (χ2n) is 4.71. The van der Waals surface area contributed by atoms with E-state index in [1.54, 1.807) is 0 Å². The van der Waals surface area contributed by atoms with E-state index in [9.17, 15) is 0 Å². The van der Waals surface area contributed by atoms with Crippen LogP contribution in [-0.4, -0.2) is 18.2 Å². The summed E-state index contributed by atoms with van der Waals surface area (Å²) in [6.45, 7) is 4.69. The molecule has 16 heavy (non-hydrogen) atoms. The molecule has 1 aromatic carbocycles. The topological polar surface area (TPSA) is 23.5 Å². The van der Waals surface area contributed by atoms with Gasteiger partial charge in [-0.15, -0.1) is 0 Å². The Bertz CT molecular complexity index is 316. The van der Waals surface area contributed by atoms with Gasteiger partial charge in [-0.3, -0.25) is 0 Å². The van der Waals surface area contributed by atoms with Crippen molar-refractivity contribution in [3.8, 4) is 0 Å². The number of rotatable bonds is 6. The Labute approximate surface area is 97.9 Å². The summed E-state index contributed by atoms with van der Waals surface area (Å²) in [5, 5.41) is 9.01. The van der Waals surface area contributed by atoms with Crippen LogP contribution in [0.3, 0.4) is 0 Å². The Balaban J connectivity index is 2.03. The smallest absolute Gasteiger partial charge is 0.0681 e. The maximum Gasteiger partial charge on any atom is 0.0681 e. The van der Waals surface area contributed by atoms with E-state index < -0.39 is 0 Å². The van der Waals surface area contributed by atoms with Crippen molar-refractivity contribution in [3.05, 3.63) is 29.8 Å². The molecule has 1 fully saturated rings. The zero-order valence-corrected chi connectivity index (χ0v) is 10.0. The maximum absolute atomic E-state index is 9.01. The van der Waals surface area contributed by atoms with Crippen molar-refractivity contribution in [2.45, 2.75) is 32.8 Å². The minimum absolute atomic E-state index is 0.136. The number of nitrogens with zero attached hydrogens (tertiary/aromatic N) is 1.